The van der Waals surface area contributed by atoms with Gasteiger partial charge in [-0.15, -0.1) is 0 Å². The highest BCUT2D eigenvalue weighted by Crippen LogP contribution is 2.34. The smallest absolute Gasteiger partial charge is 0.248 e. The first-order valence-corrected chi connectivity index (χ1v) is 5.90. The summed E-state index contributed by atoms with van der Waals surface area (Å²) in [6.45, 7) is 1.74. The van der Waals surface area contributed by atoms with Crippen molar-refractivity contribution in [1.82, 2.24) is 10.6 Å². The summed E-state index contributed by atoms with van der Waals surface area (Å²) in [5.74, 6) is -0.165. The summed E-state index contributed by atoms with van der Waals surface area (Å²) in [5, 5.41) is 5.63. The number of fused-ring (bicyclic) bond motifs is 1. The van der Waals surface area contributed by atoms with Crippen LogP contribution in [-0.4, -0.2) is 32.0 Å². The van der Waals surface area contributed by atoms with Gasteiger partial charge in [0.1, 0.15) is 6.04 Å². The van der Waals surface area contributed by atoms with Crippen LogP contribution in [0.5, 0.6) is 0 Å². The van der Waals surface area contributed by atoms with Crippen LogP contribution < -0.4 is 15.5 Å². The topological polar surface area (TPSA) is 61.4 Å². The molecule has 0 saturated heterocycles. The van der Waals surface area contributed by atoms with Gasteiger partial charge in [0.25, 0.3) is 0 Å². The number of nitrogens with zero attached hydrogens (tertiary/aromatic N) is 1. The molecule has 1 heterocycles. The molecule has 0 spiro atoms. The van der Waals surface area contributed by atoms with Gasteiger partial charge in [-0.25, -0.2) is 0 Å². The van der Waals surface area contributed by atoms with E-state index >= 15 is 0 Å². The Bertz CT molecular complexity index is 487. The Morgan fingerprint density at radius 1 is 1.39 bits per heavy atom. The zero-order valence-corrected chi connectivity index (χ0v) is 10.7. The van der Waals surface area contributed by atoms with Crippen molar-refractivity contribution in [3.8, 4) is 0 Å². The summed E-state index contributed by atoms with van der Waals surface area (Å²) in [6, 6.07) is 6.74. The Hall–Kier alpha value is -1.88. The summed E-state index contributed by atoms with van der Waals surface area (Å²) in [4.78, 5) is 25.3. The largest absolute Gasteiger partial charge is 0.358 e. The molecule has 0 radical (unpaired) electrons. The standard InChI is InChI=1S/C13H17N3O2/c1-8(12(17)14-2)15-11-9-6-4-5-7-10(9)16(3)13(11)18/h4-8,11,15H,1-3H3,(H,14,17). The number of rotatable bonds is 3. The van der Waals surface area contributed by atoms with Crippen LogP contribution >= 0.6 is 0 Å². The summed E-state index contributed by atoms with van der Waals surface area (Å²) >= 11 is 0. The minimum Gasteiger partial charge on any atom is -0.358 e. The lowest BCUT2D eigenvalue weighted by atomic mass is 10.1. The highest BCUT2D eigenvalue weighted by Gasteiger charge is 2.36. The summed E-state index contributed by atoms with van der Waals surface area (Å²) in [5.41, 5.74) is 1.81. The van der Waals surface area contributed by atoms with Crippen molar-refractivity contribution in [1.29, 1.82) is 0 Å². The van der Waals surface area contributed by atoms with Gasteiger partial charge in [-0.3, -0.25) is 14.9 Å². The Kier molecular flexibility index (Phi) is 3.34. The number of hydrogen-bond acceptors (Lipinski definition) is 3. The number of hydrogen-bond donors (Lipinski definition) is 2. The van der Waals surface area contributed by atoms with E-state index in [0.717, 1.165) is 11.3 Å². The molecule has 0 aliphatic carbocycles. The molecule has 1 aromatic carbocycles. The average Bonchev–Trinajstić information content (AvgIpc) is 2.63. The fourth-order valence-electron chi connectivity index (χ4n) is 2.19. The van der Waals surface area contributed by atoms with Crippen LogP contribution in [0, 0.1) is 0 Å². The van der Waals surface area contributed by atoms with Crippen molar-refractivity contribution in [2.24, 2.45) is 0 Å². The van der Waals surface area contributed by atoms with E-state index in [0.29, 0.717) is 0 Å². The molecule has 18 heavy (non-hydrogen) atoms. The lowest BCUT2D eigenvalue weighted by Gasteiger charge is -2.17. The first-order chi connectivity index (χ1) is 8.56. The van der Waals surface area contributed by atoms with Gasteiger partial charge < -0.3 is 10.2 Å². The Labute approximate surface area is 106 Å². The molecule has 0 aromatic heterocycles. The molecule has 1 aromatic rings. The van der Waals surface area contributed by atoms with Crippen LogP contribution in [0.25, 0.3) is 0 Å². The maximum atomic E-state index is 12.1. The van der Waals surface area contributed by atoms with Crippen LogP contribution in [0.4, 0.5) is 5.69 Å². The second-order valence-corrected chi connectivity index (χ2v) is 4.39. The second-order valence-electron chi connectivity index (χ2n) is 4.39. The van der Waals surface area contributed by atoms with Gasteiger partial charge in [0.05, 0.1) is 6.04 Å². The fraction of sp³-hybridized carbons (Fsp3) is 0.385. The van der Waals surface area contributed by atoms with E-state index in [2.05, 4.69) is 10.6 Å². The average molecular weight is 247 g/mol. The molecule has 2 unspecified atom stereocenters. The van der Waals surface area contributed by atoms with Gasteiger partial charge in [-0.1, -0.05) is 18.2 Å². The van der Waals surface area contributed by atoms with E-state index in [1.807, 2.05) is 24.3 Å². The molecule has 96 valence electrons. The molecule has 2 rings (SSSR count). The normalized spacial score (nSPS) is 19.6. The highest BCUT2D eigenvalue weighted by molar-refractivity contribution is 6.04. The van der Waals surface area contributed by atoms with E-state index in [9.17, 15) is 9.59 Å². The van der Waals surface area contributed by atoms with E-state index in [1.54, 1.807) is 25.9 Å². The number of nitrogens with one attached hydrogen (secondary N) is 2. The van der Waals surface area contributed by atoms with Crippen molar-refractivity contribution >= 4 is 17.5 Å². The third-order valence-electron chi connectivity index (χ3n) is 3.24. The zero-order valence-electron chi connectivity index (χ0n) is 10.7. The molecular formula is C13H17N3O2. The Morgan fingerprint density at radius 2 is 2.06 bits per heavy atom. The Morgan fingerprint density at radius 3 is 2.72 bits per heavy atom. The molecule has 5 nitrogen and oxygen atoms in total. The molecule has 5 heteroatoms. The van der Waals surface area contributed by atoms with E-state index < -0.39 is 12.1 Å². The molecule has 0 fully saturated rings. The lowest BCUT2D eigenvalue weighted by molar-refractivity contribution is -0.123. The van der Waals surface area contributed by atoms with Crippen LogP contribution in [0.2, 0.25) is 0 Å². The minimum absolute atomic E-state index is 0.0352. The lowest BCUT2D eigenvalue weighted by Crippen LogP contribution is -2.44. The number of carbonyl (C=O) groups is 2. The van der Waals surface area contributed by atoms with Gasteiger partial charge in [-0.2, -0.15) is 0 Å². The predicted molar refractivity (Wildman–Crippen MR) is 69.3 cm³/mol. The minimum atomic E-state index is -0.446. The first-order valence-electron chi connectivity index (χ1n) is 5.90. The molecule has 0 saturated carbocycles. The first kappa shape index (κ1) is 12.6. The SMILES string of the molecule is CNC(=O)C(C)NC1C(=O)N(C)c2ccccc21. The molecule has 1 aliphatic heterocycles. The molecule has 2 atom stereocenters. The van der Waals surface area contributed by atoms with E-state index in [1.165, 1.54) is 0 Å². The molecule has 0 bridgehead atoms. The van der Waals surface area contributed by atoms with Crippen LogP contribution in [0.1, 0.15) is 18.5 Å². The van der Waals surface area contributed by atoms with Crippen molar-refractivity contribution in [3.05, 3.63) is 29.8 Å². The van der Waals surface area contributed by atoms with Crippen molar-refractivity contribution < 1.29 is 9.59 Å². The number of para-hydroxylation sites is 1. The van der Waals surface area contributed by atoms with Gasteiger partial charge in [-0.05, 0) is 13.0 Å². The summed E-state index contributed by atoms with van der Waals surface area (Å²) in [6.07, 6.45) is 0. The van der Waals surface area contributed by atoms with Crippen molar-refractivity contribution in [2.45, 2.75) is 19.0 Å². The van der Waals surface area contributed by atoms with E-state index in [4.69, 9.17) is 0 Å². The number of anilines is 1. The third-order valence-corrected chi connectivity index (χ3v) is 3.24. The number of likely N-dealkylation sites (N-methyl/N-ethyl adjacent to an activating group) is 2. The second kappa shape index (κ2) is 4.78. The molecule has 2 amide bonds. The van der Waals surface area contributed by atoms with Crippen LogP contribution in [-0.2, 0) is 9.59 Å². The van der Waals surface area contributed by atoms with Crippen molar-refractivity contribution in [2.75, 3.05) is 19.0 Å². The van der Waals surface area contributed by atoms with E-state index in [-0.39, 0.29) is 11.8 Å². The van der Waals surface area contributed by atoms with Gasteiger partial charge in [0.15, 0.2) is 0 Å². The molecular weight excluding hydrogens is 230 g/mol. The maximum absolute atomic E-state index is 12.1. The third kappa shape index (κ3) is 1.97. The summed E-state index contributed by atoms with van der Waals surface area (Å²) < 4.78 is 0. The monoisotopic (exact) mass is 247 g/mol. The molecule has 2 N–H and O–H groups in total. The predicted octanol–water partition coefficient (Wildman–Crippen LogP) is 0.428. The number of carbonyl (C=O) groups excluding carboxylic acids is 2. The fourth-order valence-corrected chi connectivity index (χ4v) is 2.19. The number of amides is 2. The summed E-state index contributed by atoms with van der Waals surface area (Å²) in [7, 11) is 3.32. The Balaban J connectivity index is 2.24. The van der Waals surface area contributed by atoms with Crippen LogP contribution in [0.3, 0.4) is 0 Å². The quantitative estimate of drug-likeness (QED) is 0.814. The highest BCUT2D eigenvalue weighted by atomic mass is 16.2. The maximum Gasteiger partial charge on any atom is 0.248 e. The number of benzene rings is 1. The van der Waals surface area contributed by atoms with Crippen molar-refractivity contribution in [3.63, 3.8) is 0 Å². The van der Waals surface area contributed by atoms with Crippen LogP contribution in [0.15, 0.2) is 24.3 Å². The van der Waals surface area contributed by atoms with Gasteiger partial charge in [0.2, 0.25) is 11.8 Å². The molecule has 1 aliphatic rings. The van der Waals surface area contributed by atoms with Gasteiger partial charge >= 0.3 is 0 Å². The zero-order chi connectivity index (χ0) is 13.3. The van der Waals surface area contributed by atoms with Gasteiger partial charge in [0, 0.05) is 25.3 Å².